The van der Waals surface area contributed by atoms with Crippen molar-refractivity contribution in [3.05, 3.63) is 10.4 Å². The van der Waals surface area contributed by atoms with Gasteiger partial charge in [0.2, 0.25) is 12.4 Å². The molecule has 1 aromatic heterocycles. The first-order chi connectivity index (χ1) is 8.63. The highest BCUT2D eigenvalue weighted by Gasteiger charge is 2.29. The fourth-order valence-corrected chi connectivity index (χ4v) is 1.60. The fraction of sp³-hybridized carbons (Fsp3) is 0.556. The van der Waals surface area contributed by atoms with E-state index < -0.39 is 18.6 Å². The number of nitrogens with one attached hydrogen (secondary N) is 2. The maximum Gasteiger partial charge on any atom is 0.277 e. The van der Waals surface area contributed by atoms with E-state index in [2.05, 4.69) is 15.3 Å². The summed E-state index contributed by atoms with van der Waals surface area (Å²) >= 11 is 0. The van der Waals surface area contributed by atoms with Gasteiger partial charge in [-0.2, -0.15) is 4.98 Å². The number of ether oxygens (including phenoxy) is 1. The first-order valence-corrected chi connectivity index (χ1v) is 5.39. The number of hydrogen-bond acceptors (Lipinski definition) is 7. The summed E-state index contributed by atoms with van der Waals surface area (Å²) in [6.07, 6.45) is -1.12. The number of aromatic amines is 1. The van der Waals surface area contributed by atoms with Crippen LogP contribution in [0.3, 0.4) is 0 Å². The summed E-state index contributed by atoms with van der Waals surface area (Å²) in [5, 5.41) is 12.5. The van der Waals surface area contributed by atoms with Gasteiger partial charge in [-0.05, 0) is 6.42 Å². The molecule has 9 heteroatoms. The first-order valence-electron chi connectivity index (χ1n) is 5.39. The van der Waals surface area contributed by atoms with Crippen LogP contribution >= 0.6 is 0 Å². The Labute approximate surface area is 102 Å². The lowest BCUT2D eigenvalue weighted by molar-refractivity contribution is -0.0992. The number of rotatable bonds is 5. The number of anilines is 3. The van der Waals surface area contributed by atoms with Gasteiger partial charge in [-0.15, -0.1) is 0 Å². The summed E-state index contributed by atoms with van der Waals surface area (Å²) < 4.78 is 16.9. The molecule has 5 N–H and O–H groups in total. The summed E-state index contributed by atoms with van der Waals surface area (Å²) in [7, 11) is 0. The van der Waals surface area contributed by atoms with Gasteiger partial charge in [0.15, 0.2) is 5.82 Å². The van der Waals surface area contributed by atoms with Crippen LogP contribution in [-0.4, -0.2) is 41.4 Å². The molecule has 0 aliphatic carbocycles. The molecule has 1 aliphatic rings. The van der Waals surface area contributed by atoms with Crippen LogP contribution < -0.4 is 21.5 Å². The van der Waals surface area contributed by atoms with Gasteiger partial charge in [-0.25, -0.2) is 0 Å². The molecule has 0 amide bonds. The zero-order chi connectivity index (χ0) is 13.1. The van der Waals surface area contributed by atoms with E-state index in [0.717, 1.165) is 0 Å². The molecule has 18 heavy (non-hydrogen) atoms. The monoisotopic (exact) mass is 259 g/mol. The Morgan fingerprint density at radius 3 is 3.17 bits per heavy atom. The van der Waals surface area contributed by atoms with Crippen molar-refractivity contribution < 1.29 is 14.2 Å². The second-order valence-corrected chi connectivity index (χ2v) is 3.69. The maximum atomic E-state index is 11.9. The van der Waals surface area contributed by atoms with Crippen molar-refractivity contribution in [1.29, 1.82) is 0 Å². The Morgan fingerprint density at radius 2 is 2.44 bits per heavy atom. The molecular formula is C9H14FN5O3. The minimum atomic E-state index is -1.31. The third kappa shape index (κ3) is 2.36. The molecule has 0 aromatic carbocycles. The molecule has 1 aliphatic heterocycles. The number of aromatic nitrogens is 2. The minimum absolute atomic E-state index is 0.0524. The van der Waals surface area contributed by atoms with E-state index in [-0.39, 0.29) is 37.1 Å². The molecule has 0 spiro atoms. The number of fused-ring (bicyclic) bond motifs is 1. The Hall–Kier alpha value is -1.87. The molecule has 1 unspecified atom stereocenters. The number of alkyl halides is 1. The summed E-state index contributed by atoms with van der Waals surface area (Å²) in [5.41, 5.74) is 5.22. The van der Waals surface area contributed by atoms with Crippen molar-refractivity contribution >= 4 is 17.5 Å². The van der Waals surface area contributed by atoms with Crippen LogP contribution in [0.25, 0.3) is 0 Å². The number of nitrogen functional groups attached to an aromatic ring is 1. The molecule has 8 nitrogen and oxygen atoms in total. The lowest BCUT2D eigenvalue weighted by Crippen LogP contribution is -2.37. The zero-order valence-electron chi connectivity index (χ0n) is 9.52. The van der Waals surface area contributed by atoms with E-state index in [4.69, 9.17) is 10.5 Å². The second kappa shape index (κ2) is 5.19. The summed E-state index contributed by atoms with van der Waals surface area (Å²) in [6, 6.07) is 0. The van der Waals surface area contributed by atoms with Gasteiger partial charge in [-0.3, -0.25) is 19.1 Å². The predicted octanol–water partition coefficient (Wildman–Crippen LogP) is -0.806. The molecular weight excluding hydrogens is 245 g/mol. The van der Waals surface area contributed by atoms with Crippen molar-refractivity contribution in [1.82, 2.24) is 9.97 Å². The van der Waals surface area contributed by atoms with Crippen molar-refractivity contribution in [2.24, 2.45) is 0 Å². The molecule has 0 saturated heterocycles. The van der Waals surface area contributed by atoms with E-state index in [9.17, 15) is 14.3 Å². The van der Waals surface area contributed by atoms with Crippen LogP contribution in [0, 0.1) is 0 Å². The largest absolute Gasteiger partial charge is 0.369 e. The smallest absolute Gasteiger partial charge is 0.277 e. The van der Waals surface area contributed by atoms with Crippen molar-refractivity contribution in [2.75, 3.05) is 35.9 Å². The van der Waals surface area contributed by atoms with Crippen LogP contribution in [0.15, 0.2) is 4.79 Å². The standard InChI is InChI=1S/C9H14FN5O3/c10-2-1-3-18-9(17)15-4-12-5-6(15)13-8(11)14-7(5)16/h9,12,17H,1-4H2,(H3,11,13,14,16). The number of aliphatic hydroxyl groups is 1. The number of aliphatic hydroxyl groups excluding tert-OH is 1. The molecule has 0 bridgehead atoms. The molecule has 1 aromatic rings. The predicted molar refractivity (Wildman–Crippen MR) is 62.8 cm³/mol. The van der Waals surface area contributed by atoms with Gasteiger partial charge in [-0.1, -0.05) is 0 Å². The lowest BCUT2D eigenvalue weighted by Gasteiger charge is -2.23. The summed E-state index contributed by atoms with van der Waals surface area (Å²) in [5.74, 6) is 0.160. The fourth-order valence-electron chi connectivity index (χ4n) is 1.60. The molecule has 0 radical (unpaired) electrons. The Bertz CT molecular complexity index is 480. The van der Waals surface area contributed by atoms with Crippen molar-refractivity contribution in [3.63, 3.8) is 0 Å². The Kier molecular flexibility index (Phi) is 3.63. The van der Waals surface area contributed by atoms with Crippen LogP contribution in [0.2, 0.25) is 0 Å². The van der Waals surface area contributed by atoms with Gasteiger partial charge in [0.05, 0.1) is 20.0 Å². The van der Waals surface area contributed by atoms with E-state index in [0.29, 0.717) is 0 Å². The van der Waals surface area contributed by atoms with Crippen LogP contribution in [0.1, 0.15) is 6.42 Å². The normalized spacial score (nSPS) is 15.3. The highest BCUT2D eigenvalue weighted by atomic mass is 19.1. The Balaban J connectivity index is 2.13. The molecule has 1 atom stereocenters. The number of nitrogens with zero attached hydrogens (tertiary/aromatic N) is 2. The Morgan fingerprint density at radius 1 is 1.67 bits per heavy atom. The van der Waals surface area contributed by atoms with Crippen LogP contribution in [0.4, 0.5) is 21.8 Å². The number of hydrogen-bond donors (Lipinski definition) is 4. The van der Waals surface area contributed by atoms with E-state index in [1.165, 1.54) is 4.90 Å². The quantitative estimate of drug-likeness (QED) is 0.404. The van der Waals surface area contributed by atoms with Gasteiger partial charge < -0.3 is 20.9 Å². The SMILES string of the molecule is Nc1nc2c(c(=O)[nH]1)NCN2C(O)OCCCF. The van der Waals surface area contributed by atoms with Crippen molar-refractivity contribution in [3.8, 4) is 0 Å². The third-order valence-electron chi connectivity index (χ3n) is 2.43. The van der Waals surface area contributed by atoms with Crippen LogP contribution in [0.5, 0.6) is 0 Å². The molecule has 100 valence electrons. The van der Waals surface area contributed by atoms with Gasteiger partial charge in [0, 0.05) is 0 Å². The van der Waals surface area contributed by atoms with Gasteiger partial charge >= 0.3 is 0 Å². The minimum Gasteiger partial charge on any atom is -0.369 e. The van der Waals surface area contributed by atoms with E-state index in [1.807, 2.05) is 0 Å². The highest BCUT2D eigenvalue weighted by molar-refractivity contribution is 5.70. The van der Waals surface area contributed by atoms with Crippen molar-refractivity contribution in [2.45, 2.75) is 12.8 Å². The molecule has 0 fully saturated rings. The average molecular weight is 259 g/mol. The first kappa shape index (κ1) is 12.6. The van der Waals surface area contributed by atoms with Gasteiger partial charge in [0.25, 0.3) is 5.56 Å². The van der Waals surface area contributed by atoms with Crippen LogP contribution in [-0.2, 0) is 4.74 Å². The number of halogens is 1. The third-order valence-corrected chi connectivity index (χ3v) is 2.43. The summed E-state index contributed by atoms with van der Waals surface area (Å²) in [4.78, 5) is 19.1. The lowest BCUT2D eigenvalue weighted by atomic mass is 10.4. The number of nitrogens with two attached hydrogens (primary N) is 1. The number of H-pyrrole nitrogens is 1. The zero-order valence-corrected chi connectivity index (χ0v) is 9.52. The molecule has 2 rings (SSSR count). The molecule has 2 heterocycles. The van der Waals surface area contributed by atoms with E-state index >= 15 is 0 Å². The topological polar surface area (TPSA) is 116 Å². The summed E-state index contributed by atoms with van der Waals surface area (Å²) in [6.45, 7) is -0.291. The van der Waals surface area contributed by atoms with Gasteiger partial charge in [0.1, 0.15) is 5.69 Å². The molecule has 0 saturated carbocycles. The van der Waals surface area contributed by atoms with E-state index in [1.54, 1.807) is 0 Å². The average Bonchev–Trinajstić information content (AvgIpc) is 2.73. The maximum absolute atomic E-state index is 11.9. The highest BCUT2D eigenvalue weighted by Crippen LogP contribution is 2.26. The second-order valence-electron chi connectivity index (χ2n) is 3.69.